The van der Waals surface area contributed by atoms with E-state index in [1.807, 2.05) is 0 Å². The van der Waals surface area contributed by atoms with E-state index in [4.69, 9.17) is 11.0 Å². The second-order valence-electron chi connectivity index (χ2n) is 3.68. The number of nitrogens with two attached hydrogens (primary N) is 1. The number of aliphatic hydroxyl groups is 1. The number of amides is 1. The number of nitriles is 1. The lowest BCUT2D eigenvalue weighted by atomic mass is 10.0. The number of hydrogen-bond donors (Lipinski definition) is 2. The molecule has 0 radical (unpaired) electrons. The molecule has 8 nitrogen and oxygen atoms in total. The highest BCUT2D eigenvalue weighted by Crippen LogP contribution is 2.15. The molecule has 0 saturated carbocycles. The Morgan fingerprint density at radius 3 is 2.53 bits per heavy atom. The maximum atomic E-state index is 10.7. The predicted molar refractivity (Wildman–Crippen MR) is 62.9 cm³/mol. The first-order chi connectivity index (χ1) is 8.93. The number of nitrogens with zero attached hydrogens (tertiary/aromatic N) is 2. The van der Waals surface area contributed by atoms with Gasteiger partial charge in [0, 0.05) is 18.6 Å². The molecule has 1 rings (SSSR count). The van der Waals surface area contributed by atoms with E-state index in [0.717, 1.165) is 0 Å². The lowest BCUT2D eigenvalue weighted by Crippen LogP contribution is -2.34. The van der Waals surface area contributed by atoms with Gasteiger partial charge in [-0.1, -0.05) is 12.1 Å². The second-order valence-corrected chi connectivity index (χ2v) is 3.68. The van der Waals surface area contributed by atoms with Crippen molar-refractivity contribution in [1.29, 1.82) is 5.26 Å². The third-order valence-corrected chi connectivity index (χ3v) is 2.34. The van der Waals surface area contributed by atoms with Crippen LogP contribution < -0.4 is 5.73 Å². The monoisotopic (exact) mass is 265 g/mol. The highest BCUT2D eigenvalue weighted by Gasteiger charge is 2.23. The average molecular weight is 265 g/mol. The van der Waals surface area contributed by atoms with Gasteiger partial charge < -0.3 is 15.6 Å². The zero-order valence-corrected chi connectivity index (χ0v) is 9.72. The van der Waals surface area contributed by atoms with Crippen molar-refractivity contribution in [2.24, 2.45) is 5.73 Å². The average Bonchev–Trinajstić information content (AvgIpc) is 2.37. The maximum Gasteiger partial charge on any atom is 0.404 e. The van der Waals surface area contributed by atoms with Crippen molar-refractivity contribution in [1.82, 2.24) is 0 Å². The highest BCUT2D eigenvalue weighted by atomic mass is 16.6. The van der Waals surface area contributed by atoms with Crippen LogP contribution in [-0.4, -0.2) is 28.3 Å². The predicted octanol–water partition coefficient (Wildman–Crippen LogP) is 0.486. The number of hydrogen-bond acceptors (Lipinski definition) is 6. The van der Waals surface area contributed by atoms with E-state index in [1.54, 1.807) is 0 Å². The number of nitro groups is 1. The third-order valence-electron chi connectivity index (χ3n) is 2.34. The fraction of sp³-hybridized carbons (Fsp3) is 0.273. The molecule has 0 aliphatic rings. The van der Waals surface area contributed by atoms with Crippen molar-refractivity contribution in [3.63, 3.8) is 0 Å². The molecule has 3 N–H and O–H groups in total. The molecule has 1 amide bonds. The van der Waals surface area contributed by atoms with Crippen molar-refractivity contribution in [3.05, 3.63) is 39.9 Å². The van der Waals surface area contributed by atoms with Gasteiger partial charge in [0.25, 0.3) is 5.69 Å². The van der Waals surface area contributed by atoms with Gasteiger partial charge in [-0.3, -0.25) is 10.1 Å². The number of rotatable bonds is 5. The molecule has 0 heterocycles. The van der Waals surface area contributed by atoms with Crippen molar-refractivity contribution in [2.75, 3.05) is 0 Å². The van der Waals surface area contributed by atoms with E-state index in [9.17, 15) is 20.0 Å². The molecule has 0 spiro atoms. The molecule has 1 aromatic rings. The molecule has 2 unspecified atom stereocenters. The summed E-state index contributed by atoms with van der Waals surface area (Å²) in [5, 5.41) is 28.4. The van der Waals surface area contributed by atoms with Gasteiger partial charge in [-0.05, 0) is 5.56 Å². The van der Waals surface area contributed by atoms with Gasteiger partial charge in [-0.2, -0.15) is 5.26 Å². The van der Waals surface area contributed by atoms with Gasteiger partial charge in [0.15, 0.2) is 6.10 Å². The number of nitro benzene ring substituents is 1. The molecule has 2 atom stereocenters. The molecule has 0 aliphatic heterocycles. The van der Waals surface area contributed by atoms with E-state index in [0.29, 0.717) is 5.56 Å². The first-order valence-electron chi connectivity index (χ1n) is 5.21. The fourth-order valence-corrected chi connectivity index (χ4v) is 1.44. The van der Waals surface area contributed by atoms with Crippen LogP contribution in [0, 0.1) is 21.4 Å². The fourth-order valence-electron chi connectivity index (χ4n) is 1.44. The summed E-state index contributed by atoms with van der Waals surface area (Å²) in [5.74, 6) is 0. The Balaban J connectivity index is 2.81. The number of non-ortho nitro benzene ring substituents is 1. The Morgan fingerprint density at radius 2 is 2.11 bits per heavy atom. The molecule has 0 saturated heterocycles. The number of aliphatic hydroxyl groups excluding tert-OH is 1. The van der Waals surface area contributed by atoms with Crippen LogP contribution >= 0.6 is 0 Å². The number of primary amides is 1. The number of carbonyl (C=O) groups excluding carboxylic acids is 1. The van der Waals surface area contributed by atoms with Crippen molar-refractivity contribution < 1.29 is 19.6 Å². The SMILES string of the molecule is N#CC(O)C(Cc1ccc([N+](=O)[O-])cc1)OC(N)=O. The first-order valence-corrected chi connectivity index (χ1v) is 5.21. The van der Waals surface area contributed by atoms with Gasteiger partial charge in [0.2, 0.25) is 0 Å². The Bertz CT molecular complexity index is 508. The minimum absolute atomic E-state index is 0.0235. The summed E-state index contributed by atoms with van der Waals surface area (Å²) in [4.78, 5) is 20.6. The molecule has 0 fully saturated rings. The van der Waals surface area contributed by atoms with Crippen LogP contribution in [-0.2, 0) is 11.2 Å². The molecule has 0 aromatic heterocycles. The summed E-state index contributed by atoms with van der Waals surface area (Å²) in [7, 11) is 0. The molecule has 19 heavy (non-hydrogen) atoms. The summed E-state index contributed by atoms with van der Waals surface area (Å²) in [6.07, 6.45) is -3.73. The van der Waals surface area contributed by atoms with Crippen LogP contribution in [0.1, 0.15) is 5.56 Å². The lowest BCUT2D eigenvalue weighted by Gasteiger charge is -2.17. The van der Waals surface area contributed by atoms with Gasteiger partial charge in [-0.15, -0.1) is 0 Å². The van der Waals surface area contributed by atoms with Crippen LogP contribution in [0.4, 0.5) is 10.5 Å². The molecule has 0 bridgehead atoms. The minimum Gasteiger partial charge on any atom is -0.442 e. The summed E-state index contributed by atoms with van der Waals surface area (Å²) >= 11 is 0. The summed E-state index contributed by atoms with van der Waals surface area (Å²) in [6.45, 7) is 0. The minimum atomic E-state index is -1.53. The normalized spacial score (nSPS) is 13.1. The first kappa shape index (κ1) is 14.4. The van der Waals surface area contributed by atoms with Crippen molar-refractivity contribution in [2.45, 2.75) is 18.6 Å². The highest BCUT2D eigenvalue weighted by molar-refractivity contribution is 5.65. The van der Waals surface area contributed by atoms with E-state index in [-0.39, 0.29) is 12.1 Å². The van der Waals surface area contributed by atoms with E-state index < -0.39 is 23.2 Å². The van der Waals surface area contributed by atoms with Gasteiger partial charge in [0.1, 0.15) is 6.10 Å². The zero-order chi connectivity index (χ0) is 14.4. The number of ether oxygens (including phenoxy) is 1. The van der Waals surface area contributed by atoms with E-state index in [2.05, 4.69) is 4.74 Å². The summed E-state index contributed by atoms with van der Waals surface area (Å²) in [6, 6.07) is 6.97. The summed E-state index contributed by atoms with van der Waals surface area (Å²) < 4.78 is 4.62. The maximum absolute atomic E-state index is 10.7. The standard InChI is InChI=1S/C11H11N3O5/c12-6-9(15)10(19-11(13)16)5-7-1-3-8(4-2-7)14(17)18/h1-4,9-10,15H,5H2,(H2,13,16). The molecule has 0 aliphatic carbocycles. The van der Waals surface area contributed by atoms with E-state index in [1.165, 1.54) is 30.3 Å². The van der Waals surface area contributed by atoms with Gasteiger partial charge in [0.05, 0.1) is 11.0 Å². The molecule has 1 aromatic carbocycles. The van der Waals surface area contributed by atoms with Gasteiger partial charge in [-0.25, -0.2) is 4.79 Å². The smallest absolute Gasteiger partial charge is 0.404 e. The van der Waals surface area contributed by atoms with Crippen molar-refractivity contribution >= 4 is 11.8 Å². The van der Waals surface area contributed by atoms with Crippen LogP contribution in [0.15, 0.2) is 24.3 Å². The Labute approximate surface area is 108 Å². The van der Waals surface area contributed by atoms with Crippen LogP contribution in [0.2, 0.25) is 0 Å². The van der Waals surface area contributed by atoms with Crippen molar-refractivity contribution in [3.8, 4) is 6.07 Å². The molecular formula is C11H11N3O5. The van der Waals surface area contributed by atoms with Crippen LogP contribution in [0.3, 0.4) is 0 Å². The lowest BCUT2D eigenvalue weighted by molar-refractivity contribution is -0.384. The van der Waals surface area contributed by atoms with Gasteiger partial charge >= 0.3 is 6.09 Å². The van der Waals surface area contributed by atoms with Crippen LogP contribution in [0.25, 0.3) is 0 Å². The Morgan fingerprint density at radius 1 is 1.53 bits per heavy atom. The quantitative estimate of drug-likeness (QED) is 0.451. The molecule has 100 valence electrons. The Kier molecular flexibility index (Phi) is 4.79. The number of benzene rings is 1. The Hall–Kier alpha value is -2.66. The summed E-state index contributed by atoms with van der Waals surface area (Å²) in [5.41, 5.74) is 5.31. The van der Waals surface area contributed by atoms with Crippen LogP contribution in [0.5, 0.6) is 0 Å². The second kappa shape index (κ2) is 6.32. The molecule has 8 heteroatoms. The zero-order valence-electron chi connectivity index (χ0n) is 9.72. The number of carbonyl (C=O) groups is 1. The largest absolute Gasteiger partial charge is 0.442 e. The third kappa shape index (κ3) is 4.25. The topological polar surface area (TPSA) is 139 Å². The van der Waals surface area contributed by atoms with E-state index >= 15 is 0 Å². The molecular weight excluding hydrogens is 254 g/mol.